The number of nitrogens with one attached hydrogen (secondary N) is 1. The number of carbonyl (C=O) groups is 2. The Labute approximate surface area is 187 Å². The fourth-order valence-corrected chi connectivity index (χ4v) is 3.88. The molecule has 2 aromatic carbocycles. The van der Waals surface area contributed by atoms with Gasteiger partial charge in [0, 0.05) is 10.0 Å². The minimum atomic E-state index is -0.549. The molecule has 0 aliphatic carbocycles. The number of nitrogens with zero attached hydrogens (tertiary/aromatic N) is 1. The molecule has 1 N–H and O–H groups in total. The summed E-state index contributed by atoms with van der Waals surface area (Å²) in [6, 6.07) is 16.9. The topological polar surface area (TPSA) is 62.6 Å². The fourth-order valence-electron chi connectivity index (χ4n) is 3.21. The third-order valence-electron chi connectivity index (χ3n) is 4.73. The summed E-state index contributed by atoms with van der Waals surface area (Å²) in [4.78, 5) is 27.1. The number of furan rings is 1. The highest BCUT2D eigenvalue weighted by molar-refractivity contribution is 9.10. The van der Waals surface area contributed by atoms with Crippen LogP contribution in [0.2, 0.25) is 0 Å². The van der Waals surface area contributed by atoms with Gasteiger partial charge in [0.25, 0.3) is 11.8 Å². The van der Waals surface area contributed by atoms with Gasteiger partial charge in [-0.2, -0.15) is 0 Å². The zero-order chi connectivity index (χ0) is 21.4. The van der Waals surface area contributed by atoms with Crippen molar-refractivity contribution in [3.8, 4) is 11.3 Å². The lowest BCUT2D eigenvalue weighted by Gasteiger charge is -2.30. The molecule has 0 unspecified atom stereocenters. The zero-order valence-corrected chi connectivity index (χ0v) is 18.6. The van der Waals surface area contributed by atoms with Crippen LogP contribution in [0.3, 0.4) is 0 Å². The first kappa shape index (κ1) is 20.3. The number of rotatable bonds is 3. The monoisotopic (exact) mass is 480 g/mol. The molecule has 150 valence electrons. The van der Waals surface area contributed by atoms with Crippen LogP contribution in [0.15, 0.2) is 69.1 Å². The molecule has 0 atom stereocenters. The quantitative estimate of drug-likeness (QED) is 0.319. The Bertz CT molecular complexity index is 1230. The first-order valence-electron chi connectivity index (χ1n) is 9.18. The zero-order valence-electron chi connectivity index (χ0n) is 16.2. The molecule has 1 aliphatic rings. The molecule has 0 spiro atoms. The van der Waals surface area contributed by atoms with Crippen molar-refractivity contribution in [2.45, 2.75) is 13.8 Å². The number of hydrogen-bond acceptors (Lipinski definition) is 4. The second kappa shape index (κ2) is 8.01. The van der Waals surface area contributed by atoms with E-state index in [0.717, 1.165) is 21.2 Å². The molecule has 7 heteroatoms. The third-order valence-corrected chi connectivity index (χ3v) is 5.51. The molecular formula is C23H17BrN2O3S. The first-order chi connectivity index (χ1) is 14.3. The Balaban J connectivity index is 1.71. The van der Waals surface area contributed by atoms with Gasteiger partial charge in [0.2, 0.25) is 0 Å². The highest BCUT2D eigenvalue weighted by atomic mass is 79.9. The molecule has 1 aliphatic heterocycles. The van der Waals surface area contributed by atoms with Gasteiger partial charge in [-0.25, -0.2) is 0 Å². The Hall–Kier alpha value is -3.03. The van der Waals surface area contributed by atoms with Crippen LogP contribution in [0.4, 0.5) is 5.69 Å². The van der Waals surface area contributed by atoms with Crippen LogP contribution >= 0.6 is 28.1 Å². The van der Waals surface area contributed by atoms with Crippen molar-refractivity contribution in [3.05, 3.63) is 81.5 Å². The summed E-state index contributed by atoms with van der Waals surface area (Å²) in [5.41, 5.74) is 3.34. The number of halogens is 1. The number of aryl methyl sites for hydroxylation is 2. The summed E-state index contributed by atoms with van der Waals surface area (Å²) in [6.07, 6.45) is 1.44. The van der Waals surface area contributed by atoms with Crippen molar-refractivity contribution in [2.24, 2.45) is 0 Å². The Morgan fingerprint density at radius 3 is 2.63 bits per heavy atom. The summed E-state index contributed by atoms with van der Waals surface area (Å²) in [6.45, 7) is 3.82. The van der Waals surface area contributed by atoms with Crippen LogP contribution < -0.4 is 10.2 Å². The second-order valence-electron chi connectivity index (χ2n) is 6.96. The van der Waals surface area contributed by atoms with Crippen molar-refractivity contribution in [2.75, 3.05) is 4.90 Å². The number of benzene rings is 2. The predicted octanol–water partition coefficient (Wildman–Crippen LogP) is 5.16. The van der Waals surface area contributed by atoms with Crippen LogP contribution in [-0.4, -0.2) is 16.9 Å². The SMILES string of the molecule is Cc1ccc(C)c(N2C(=O)/C(=C/c3ccc(-c4cccc(Br)c4)o3)C(=O)NC2=S)c1. The van der Waals surface area contributed by atoms with Gasteiger partial charge in [0.05, 0.1) is 5.69 Å². The first-order valence-corrected chi connectivity index (χ1v) is 10.4. The average molecular weight is 481 g/mol. The molecule has 2 heterocycles. The molecule has 0 radical (unpaired) electrons. The van der Waals surface area contributed by atoms with E-state index >= 15 is 0 Å². The van der Waals surface area contributed by atoms with Gasteiger partial charge in [-0.15, -0.1) is 0 Å². The Morgan fingerprint density at radius 2 is 1.87 bits per heavy atom. The van der Waals surface area contributed by atoms with E-state index in [9.17, 15) is 9.59 Å². The number of anilines is 1. The molecule has 3 aromatic rings. The van der Waals surface area contributed by atoms with Gasteiger partial charge in [0.15, 0.2) is 5.11 Å². The van der Waals surface area contributed by atoms with Gasteiger partial charge < -0.3 is 4.42 Å². The minimum Gasteiger partial charge on any atom is -0.457 e. The van der Waals surface area contributed by atoms with E-state index in [0.29, 0.717) is 17.2 Å². The van der Waals surface area contributed by atoms with Gasteiger partial charge in [-0.1, -0.05) is 40.2 Å². The Morgan fingerprint density at radius 1 is 1.07 bits per heavy atom. The third kappa shape index (κ3) is 3.86. The maximum absolute atomic E-state index is 13.2. The van der Waals surface area contributed by atoms with Crippen molar-refractivity contribution in [3.63, 3.8) is 0 Å². The van der Waals surface area contributed by atoms with Crippen LogP contribution in [0.1, 0.15) is 16.9 Å². The maximum Gasteiger partial charge on any atom is 0.270 e. The number of thiocarbonyl (C=S) groups is 1. The molecule has 5 nitrogen and oxygen atoms in total. The van der Waals surface area contributed by atoms with Gasteiger partial charge in [-0.05, 0) is 73.6 Å². The predicted molar refractivity (Wildman–Crippen MR) is 124 cm³/mol. The molecule has 0 saturated carbocycles. The summed E-state index contributed by atoms with van der Waals surface area (Å²) < 4.78 is 6.78. The number of carbonyl (C=O) groups excluding carboxylic acids is 2. The molecule has 1 saturated heterocycles. The van der Waals surface area contributed by atoms with Crippen LogP contribution in [0.5, 0.6) is 0 Å². The van der Waals surface area contributed by atoms with Crippen LogP contribution in [-0.2, 0) is 9.59 Å². The van der Waals surface area contributed by atoms with E-state index in [2.05, 4.69) is 21.2 Å². The smallest absolute Gasteiger partial charge is 0.270 e. The van der Waals surface area contributed by atoms with Gasteiger partial charge >= 0.3 is 0 Å². The van der Waals surface area contributed by atoms with E-state index in [1.54, 1.807) is 12.1 Å². The van der Waals surface area contributed by atoms with Crippen molar-refractivity contribution < 1.29 is 14.0 Å². The molecule has 1 fully saturated rings. The van der Waals surface area contributed by atoms with E-state index in [1.807, 2.05) is 56.3 Å². The summed E-state index contributed by atoms with van der Waals surface area (Å²) >= 11 is 8.72. The molecule has 2 amide bonds. The van der Waals surface area contributed by atoms with E-state index in [4.69, 9.17) is 16.6 Å². The molecule has 0 bridgehead atoms. The fraction of sp³-hybridized carbons (Fsp3) is 0.0870. The molecule has 30 heavy (non-hydrogen) atoms. The summed E-state index contributed by atoms with van der Waals surface area (Å²) in [7, 11) is 0. The molecule has 4 rings (SSSR count). The normalized spacial score (nSPS) is 15.6. The largest absolute Gasteiger partial charge is 0.457 e. The summed E-state index contributed by atoms with van der Waals surface area (Å²) in [5, 5.41) is 2.66. The standard InChI is InChI=1S/C23H17BrN2O3S/c1-13-6-7-14(2)19(10-13)26-22(28)18(21(27)25-23(26)30)12-17-8-9-20(29-17)15-4-3-5-16(24)11-15/h3-12H,1-2H3,(H,25,27,30)/b18-12+. The molecular weight excluding hydrogens is 464 g/mol. The maximum atomic E-state index is 13.2. The Kier molecular flexibility index (Phi) is 5.40. The van der Waals surface area contributed by atoms with Crippen molar-refractivity contribution in [1.82, 2.24) is 5.32 Å². The highest BCUT2D eigenvalue weighted by Gasteiger charge is 2.35. The lowest BCUT2D eigenvalue weighted by molar-refractivity contribution is -0.122. The van der Waals surface area contributed by atoms with E-state index in [1.165, 1.54) is 11.0 Å². The number of amides is 2. The highest BCUT2D eigenvalue weighted by Crippen LogP contribution is 2.28. The van der Waals surface area contributed by atoms with E-state index < -0.39 is 11.8 Å². The second-order valence-corrected chi connectivity index (χ2v) is 8.26. The van der Waals surface area contributed by atoms with Crippen LogP contribution in [0.25, 0.3) is 17.4 Å². The average Bonchev–Trinajstić information content (AvgIpc) is 3.16. The van der Waals surface area contributed by atoms with E-state index in [-0.39, 0.29) is 10.7 Å². The van der Waals surface area contributed by atoms with Gasteiger partial charge in [0.1, 0.15) is 17.1 Å². The van der Waals surface area contributed by atoms with Gasteiger partial charge in [-0.3, -0.25) is 19.8 Å². The van der Waals surface area contributed by atoms with Crippen LogP contribution in [0, 0.1) is 13.8 Å². The summed E-state index contributed by atoms with van der Waals surface area (Å²) in [5.74, 6) is -0.00394. The number of hydrogen-bond donors (Lipinski definition) is 1. The lowest BCUT2D eigenvalue weighted by Crippen LogP contribution is -2.54. The lowest BCUT2D eigenvalue weighted by atomic mass is 10.1. The minimum absolute atomic E-state index is 0.0420. The molecule has 1 aromatic heterocycles. The van der Waals surface area contributed by atoms with Crippen molar-refractivity contribution >= 4 is 56.8 Å². The van der Waals surface area contributed by atoms with Crippen molar-refractivity contribution in [1.29, 1.82) is 0 Å².